The Hall–Kier alpha value is -0.990. The minimum absolute atomic E-state index is 0.134. The molecule has 0 atom stereocenters. The molecule has 0 aliphatic carbocycles. The normalized spacial score (nSPS) is 11.2. The van der Waals surface area contributed by atoms with Crippen molar-refractivity contribution in [2.75, 3.05) is 13.2 Å². The summed E-state index contributed by atoms with van der Waals surface area (Å²) in [5.74, 6) is 1.08. The van der Waals surface area contributed by atoms with E-state index in [2.05, 4.69) is 5.32 Å². The van der Waals surface area contributed by atoms with Crippen molar-refractivity contribution in [2.45, 2.75) is 40.0 Å². The van der Waals surface area contributed by atoms with Gasteiger partial charge in [-0.2, -0.15) is 0 Å². The van der Waals surface area contributed by atoms with Crippen LogP contribution in [0.4, 0.5) is 0 Å². The van der Waals surface area contributed by atoms with Crippen LogP contribution in [0.25, 0.3) is 0 Å². The summed E-state index contributed by atoms with van der Waals surface area (Å²) in [6.07, 6.45) is 4.42. The van der Waals surface area contributed by atoms with E-state index in [1.54, 1.807) is 0 Å². The van der Waals surface area contributed by atoms with E-state index < -0.39 is 0 Å². The van der Waals surface area contributed by atoms with Crippen molar-refractivity contribution in [1.82, 2.24) is 5.32 Å². The van der Waals surface area contributed by atoms with Gasteiger partial charge in [-0.1, -0.05) is 0 Å². The fraction of sp³-hybridized carbons (Fsp3) is 0.727. The second kappa shape index (κ2) is 8.60. The number of rotatable bonds is 7. The van der Waals surface area contributed by atoms with Gasteiger partial charge in [-0.25, -0.2) is 0 Å². The highest BCUT2D eigenvalue weighted by Gasteiger charge is 1.97. The van der Waals surface area contributed by atoms with Crippen molar-refractivity contribution in [3.05, 3.63) is 11.8 Å². The highest BCUT2D eigenvalue weighted by molar-refractivity contribution is 5.75. The molecule has 0 saturated heterocycles. The van der Waals surface area contributed by atoms with Gasteiger partial charge < -0.3 is 10.1 Å². The van der Waals surface area contributed by atoms with E-state index in [9.17, 15) is 4.79 Å². The molecule has 0 aliphatic heterocycles. The second-order valence-corrected chi connectivity index (χ2v) is 3.09. The minimum Gasteiger partial charge on any atom is -0.499 e. The van der Waals surface area contributed by atoms with Crippen LogP contribution < -0.4 is 5.32 Å². The Kier molecular flexibility index (Phi) is 7.99. The maximum Gasteiger partial charge on any atom is 0.219 e. The molecule has 82 valence electrons. The number of carbonyl (C=O) groups is 1. The van der Waals surface area contributed by atoms with Crippen LogP contribution in [0.2, 0.25) is 0 Å². The third-order valence-electron chi connectivity index (χ3n) is 1.79. The van der Waals surface area contributed by atoms with Crippen molar-refractivity contribution < 1.29 is 9.53 Å². The molecule has 3 heteroatoms. The van der Waals surface area contributed by atoms with Gasteiger partial charge in [0.05, 0.1) is 12.4 Å². The van der Waals surface area contributed by atoms with Crippen molar-refractivity contribution in [3.63, 3.8) is 0 Å². The molecule has 0 spiro atoms. The van der Waals surface area contributed by atoms with E-state index in [1.165, 1.54) is 0 Å². The van der Waals surface area contributed by atoms with Gasteiger partial charge in [0.15, 0.2) is 0 Å². The SMILES string of the molecule is CCNC(=O)CCC/C=C(\C)OCC. The Morgan fingerprint density at radius 2 is 2.14 bits per heavy atom. The third kappa shape index (κ3) is 7.65. The first-order valence-electron chi connectivity index (χ1n) is 5.27. The van der Waals surface area contributed by atoms with Crippen LogP contribution in [0.1, 0.15) is 40.0 Å². The van der Waals surface area contributed by atoms with Crippen molar-refractivity contribution in [1.29, 1.82) is 0 Å². The lowest BCUT2D eigenvalue weighted by Gasteiger charge is -2.02. The highest BCUT2D eigenvalue weighted by atomic mass is 16.5. The summed E-state index contributed by atoms with van der Waals surface area (Å²) < 4.78 is 5.26. The van der Waals surface area contributed by atoms with Crippen LogP contribution in [0, 0.1) is 0 Å². The number of amides is 1. The van der Waals surface area contributed by atoms with Gasteiger partial charge in [0.25, 0.3) is 0 Å². The van der Waals surface area contributed by atoms with E-state index in [4.69, 9.17) is 4.74 Å². The molecule has 0 aromatic carbocycles. The Morgan fingerprint density at radius 1 is 1.43 bits per heavy atom. The average Bonchev–Trinajstić information content (AvgIpc) is 2.13. The first-order chi connectivity index (χ1) is 6.70. The molecule has 0 radical (unpaired) electrons. The van der Waals surface area contributed by atoms with Crippen molar-refractivity contribution in [2.24, 2.45) is 0 Å². The molecule has 0 bridgehead atoms. The van der Waals surface area contributed by atoms with Crippen molar-refractivity contribution in [3.8, 4) is 0 Å². The van der Waals surface area contributed by atoms with E-state index in [0.717, 1.165) is 18.6 Å². The van der Waals surface area contributed by atoms with Crippen molar-refractivity contribution >= 4 is 5.91 Å². The minimum atomic E-state index is 0.134. The largest absolute Gasteiger partial charge is 0.499 e. The third-order valence-corrected chi connectivity index (χ3v) is 1.79. The van der Waals surface area contributed by atoms with E-state index in [0.29, 0.717) is 19.6 Å². The number of ether oxygens (including phenoxy) is 1. The summed E-state index contributed by atoms with van der Waals surface area (Å²) in [4.78, 5) is 11.1. The summed E-state index contributed by atoms with van der Waals surface area (Å²) in [6.45, 7) is 7.25. The topological polar surface area (TPSA) is 38.3 Å². The molecular formula is C11H21NO2. The van der Waals surface area contributed by atoms with Gasteiger partial charge in [0, 0.05) is 13.0 Å². The van der Waals surface area contributed by atoms with Gasteiger partial charge in [-0.15, -0.1) is 0 Å². The van der Waals surface area contributed by atoms with Gasteiger partial charge in [-0.3, -0.25) is 4.79 Å². The zero-order chi connectivity index (χ0) is 10.8. The van der Waals surface area contributed by atoms with Crippen LogP contribution in [-0.4, -0.2) is 19.1 Å². The lowest BCUT2D eigenvalue weighted by atomic mass is 10.2. The molecule has 0 fully saturated rings. The Labute approximate surface area is 86.5 Å². The Bertz CT molecular complexity index is 188. The molecule has 0 unspecified atom stereocenters. The summed E-state index contributed by atoms with van der Waals surface area (Å²) >= 11 is 0. The molecule has 0 heterocycles. The average molecular weight is 199 g/mol. The molecule has 0 aromatic rings. The number of unbranched alkanes of at least 4 members (excludes halogenated alkanes) is 1. The van der Waals surface area contributed by atoms with Gasteiger partial charge in [-0.05, 0) is 39.7 Å². The second-order valence-electron chi connectivity index (χ2n) is 3.09. The van der Waals surface area contributed by atoms with E-state index >= 15 is 0 Å². The van der Waals surface area contributed by atoms with Gasteiger partial charge in [0.1, 0.15) is 0 Å². The maximum atomic E-state index is 11.1. The number of hydrogen-bond donors (Lipinski definition) is 1. The molecule has 14 heavy (non-hydrogen) atoms. The molecule has 0 aromatic heterocycles. The quantitative estimate of drug-likeness (QED) is 0.504. The standard InChI is InChI=1S/C11H21NO2/c1-4-12-11(13)9-7-6-8-10(3)14-5-2/h8H,4-7,9H2,1-3H3,(H,12,13)/b10-8+. The first kappa shape index (κ1) is 13.0. The fourth-order valence-electron chi connectivity index (χ4n) is 1.14. The number of allylic oxidation sites excluding steroid dienone is 2. The molecule has 0 rings (SSSR count). The van der Waals surface area contributed by atoms with Gasteiger partial charge in [0.2, 0.25) is 5.91 Å². The van der Waals surface area contributed by atoms with Gasteiger partial charge >= 0.3 is 0 Å². The zero-order valence-corrected chi connectivity index (χ0v) is 9.43. The summed E-state index contributed by atoms with van der Waals surface area (Å²) in [6, 6.07) is 0. The number of hydrogen-bond acceptors (Lipinski definition) is 2. The van der Waals surface area contributed by atoms with Crippen LogP contribution in [0.15, 0.2) is 11.8 Å². The molecule has 3 nitrogen and oxygen atoms in total. The molecule has 1 N–H and O–H groups in total. The maximum absolute atomic E-state index is 11.1. The summed E-state index contributed by atoms with van der Waals surface area (Å²) in [5.41, 5.74) is 0. The number of nitrogens with one attached hydrogen (secondary N) is 1. The molecule has 0 saturated carbocycles. The lowest BCUT2D eigenvalue weighted by molar-refractivity contribution is -0.121. The summed E-state index contributed by atoms with van der Waals surface area (Å²) in [7, 11) is 0. The fourth-order valence-corrected chi connectivity index (χ4v) is 1.14. The predicted molar refractivity (Wildman–Crippen MR) is 57.9 cm³/mol. The predicted octanol–water partition coefficient (Wildman–Crippen LogP) is 2.23. The van der Waals surface area contributed by atoms with Crippen LogP contribution in [0.3, 0.4) is 0 Å². The monoisotopic (exact) mass is 199 g/mol. The smallest absolute Gasteiger partial charge is 0.219 e. The van der Waals surface area contributed by atoms with E-state index in [-0.39, 0.29) is 5.91 Å². The Balaban J connectivity index is 3.45. The Morgan fingerprint density at radius 3 is 2.71 bits per heavy atom. The van der Waals surface area contributed by atoms with Crippen LogP contribution in [-0.2, 0) is 9.53 Å². The molecule has 1 amide bonds. The number of carbonyl (C=O) groups excluding carboxylic acids is 1. The first-order valence-corrected chi connectivity index (χ1v) is 5.27. The lowest BCUT2D eigenvalue weighted by Crippen LogP contribution is -2.21. The van der Waals surface area contributed by atoms with Crippen LogP contribution in [0.5, 0.6) is 0 Å². The molecule has 0 aliphatic rings. The highest BCUT2D eigenvalue weighted by Crippen LogP contribution is 2.02. The van der Waals surface area contributed by atoms with E-state index in [1.807, 2.05) is 26.8 Å². The van der Waals surface area contributed by atoms with Crippen LogP contribution >= 0.6 is 0 Å². The zero-order valence-electron chi connectivity index (χ0n) is 9.43. The molecular weight excluding hydrogens is 178 g/mol. The summed E-state index contributed by atoms with van der Waals surface area (Å²) in [5, 5.41) is 2.77.